The molecule has 110 valence electrons. The van der Waals surface area contributed by atoms with E-state index in [2.05, 4.69) is 4.74 Å². The Morgan fingerprint density at radius 2 is 1.95 bits per heavy atom. The summed E-state index contributed by atoms with van der Waals surface area (Å²) >= 11 is 0. The van der Waals surface area contributed by atoms with Gasteiger partial charge in [0.25, 0.3) is 0 Å². The van der Waals surface area contributed by atoms with Crippen molar-refractivity contribution in [3.05, 3.63) is 29.3 Å². The summed E-state index contributed by atoms with van der Waals surface area (Å²) in [5, 5.41) is 0. The molecule has 20 heavy (non-hydrogen) atoms. The number of hydrogen-bond donors (Lipinski definition) is 0. The lowest BCUT2D eigenvalue weighted by molar-refractivity contribution is -0.139. The molecule has 6 heteroatoms. The number of carbonyl (C=O) groups excluding carboxylic acids is 1. The van der Waals surface area contributed by atoms with E-state index in [0.29, 0.717) is 13.1 Å². The fourth-order valence-electron chi connectivity index (χ4n) is 2.24. The maximum atomic E-state index is 11.4. The number of anilines is 1. The van der Waals surface area contributed by atoms with Crippen LogP contribution in [0.4, 0.5) is 5.69 Å². The Bertz CT molecular complexity index is 596. The summed E-state index contributed by atoms with van der Waals surface area (Å²) in [6.07, 6.45) is 0.238. The Morgan fingerprint density at radius 3 is 2.55 bits per heavy atom. The van der Waals surface area contributed by atoms with Gasteiger partial charge in [-0.2, -0.15) is 0 Å². The van der Waals surface area contributed by atoms with Gasteiger partial charge in [-0.1, -0.05) is 6.07 Å². The largest absolute Gasteiger partial charge is 0.469 e. The van der Waals surface area contributed by atoms with Crippen LogP contribution in [0.2, 0.25) is 0 Å². The second-order valence-corrected chi connectivity index (χ2v) is 7.31. The average molecular weight is 297 g/mol. The molecule has 5 nitrogen and oxygen atoms in total. The smallest absolute Gasteiger partial charge is 0.309 e. The molecule has 0 spiro atoms. The molecule has 2 rings (SSSR count). The first-order chi connectivity index (χ1) is 9.41. The number of ether oxygens (including phenoxy) is 1. The van der Waals surface area contributed by atoms with E-state index in [-0.39, 0.29) is 23.9 Å². The first-order valence-electron chi connectivity index (χ1n) is 6.53. The zero-order valence-corrected chi connectivity index (χ0v) is 12.6. The van der Waals surface area contributed by atoms with E-state index in [4.69, 9.17) is 0 Å². The molecule has 0 N–H and O–H groups in total. The van der Waals surface area contributed by atoms with Crippen LogP contribution >= 0.6 is 0 Å². The van der Waals surface area contributed by atoms with E-state index < -0.39 is 9.84 Å². The van der Waals surface area contributed by atoms with Gasteiger partial charge in [-0.25, -0.2) is 8.42 Å². The van der Waals surface area contributed by atoms with Gasteiger partial charge in [0.1, 0.15) is 0 Å². The lowest BCUT2D eigenvalue weighted by atomic mass is 10.0. The summed E-state index contributed by atoms with van der Waals surface area (Å²) in [7, 11) is -1.51. The molecule has 1 aromatic rings. The zero-order valence-electron chi connectivity index (χ0n) is 11.8. The van der Waals surface area contributed by atoms with Crippen molar-refractivity contribution in [1.29, 1.82) is 0 Å². The van der Waals surface area contributed by atoms with Crippen molar-refractivity contribution in [3.63, 3.8) is 0 Å². The van der Waals surface area contributed by atoms with Gasteiger partial charge in [-0.15, -0.1) is 0 Å². The lowest BCUT2D eigenvalue weighted by Crippen LogP contribution is -2.40. The van der Waals surface area contributed by atoms with Crippen LogP contribution in [0, 0.1) is 6.92 Å². The summed E-state index contributed by atoms with van der Waals surface area (Å²) in [5.41, 5.74) is 2.91. The first kappa shape index (κ1) is 14.8. The second kappa shape index (κ2) is 5.83. The van der Waals surface area contributed by atoms with Gasteiger partial charge < -0.3 is 9.64 Å². The fraction of sp³-hybridized carbons (Fsp3) is 0.500. The van der Waals surface area contributed by atoms with Gasteiger partial charge in [0.2, 0.25) is 0 Å². The number of rotatable bonds is 3. The summed E-state index contributed by atoms with van der Waals surface area (Å²) in [6.45, 7) is 2.95. The SMILES string of the molecule is COC(=O)Cc1cc(N2CCS(=O)(=O)CC2)ccc1C. The normalized spacial score (nSPS) is 17.8. The zero-order chi connectivity index (χ0) is 14.8. The molecule has 1 aliphatic rings. The monoisotopic (exact) mass is 297 g/mol. The number of carbonyl (C=O) groups is 1. The summed E-state index contributed by atoms with van der Waals surface area (Å²) in [6, 6.07) is 5.87. The first-order valence-corrected chi connectivity index (χ1v) is 8.35. The predicted molar refractivity (Wildman–Crippen MR) is 77.8 cm³/mol. The van der Waals surface area contributed by atoms with Gasteiger partial charge in [0, 0.05) is 18.8 Å². The number of nitrogens with zero attached hydrogens (tertiary/aromatic N) is 1. The van der Waals surface area contributed by atoms with Crippen LogP contribution in [-0.2, 0) is 25.8 Å². The van der Waals surface area contributed by atoms with Crippen LogP contribution in [0.25, 0.3) is 0 Å². The summed E-state index contributed by atoms with van der Waals surface area (Å²) in [5.74, 6) is 0.104. The average Bonchev–Trinajstić information content (AvgIpc) is 2.41. The molecule has 1 heterocycles. The number of benzene rings is 1. The number of esters is 1. The molecule has 0 radical (unpaired) electrons. The maximum Gasteiger partial charge on any atom is 0.309 e. The van der Waals surface area contributed by atoms with E-state index in [0.717, 1.165) is 16.8 Å². The van der Waals surface area contributed by atoms with Crippen LogP contribution < -0.4 is 4.90 Å². The van der Waals surface area contributed by atoms with Gasteiger partial charge in [-0.3, -0.25) is 4.79 Å². The Balaban J connectivity index is 2.17. The van der Waals surface area contributed by atoms with Crippen molar-refractivity contribution >= 4 is 21.5 Å². The Labute approximate surface area is 119 Å². The molecule has 1 saturated heterocycles. The van der Waals surface area contributed by atoms with Gasteiger partial charge in [-0.05, 0) is 30.2 Å². The maximum absolute atomic E-state index is 11.4. The highest BCUT2D eigenvalue weighted by molar-refractivity contribution is 7.91. The van der Waals surface area contributed by atoms with E-state index >= 15 is 0 Å². The van der Waals surface area contributed by atoms with Gasteiger partial charge >= 0.3 is 5.97 Å². The predicted octanol–water partition coefficient (Wildman–Crippen LogP) is 0.945. The van der Waals surface area contributed by atoms with Crippen LogP contribution in [0.15, 0.2) is 18.2 Å². The van der Waals surface area contributed by atoms with Gasteiger partial charge in [0.15, 0.2) is 9.84 Å². The van der Waals surface area contributed by atoms with E-state index in [9.17, 15) is 13.2 Å². The molecular weight excluding hydrogens is 278 g/mol. The third kappa shape index (κ3) is 3.50. The number of aryl methyl sites for hydroxylation is 1. The highest BCUT2D eigenvalue weighted by atomic mass is 32.2. The summed E-state index contributed by atoms with van der Waals surface area (Å²) in [4.78, 5) is 13.4. The number of methoxy groups -OCH3 is 1. The molecule has 0 amide bonds. The van der Waals surface area contributed by atoms with E-state index in [1.54, 1.807) is 0 Å². The minimum Gasteiger partial charge on any atom is -0.469 e. The molecule has 0 aromatic heterocycles. The van der Waals surface area contributed by atoms with Crippen molar-refractivity contribution in [2.75, 3.05) is 36.6 Å². The molecule has 0 atom stereocenters. The van der Waals surface area contributed by atoms with Crippen molar-refractivity contribution < 1.29 is 17.9 Å². The molecule has 0 aliphatic carbocycles. The Kier molecular flexibility index (Phi) is 4.32. The molecule has 0 unspecified atom stereocenters. The van der Waals surface area contributed by atoms with Crippen molar-refractivity contribution in [3.8, 4) is 0 Å². The second-order valence-electron chi connectivity index (χ2n) is 5.00. The van der Waals surface area contributed by atoms with Gasteiger partial charge in [0.05, 0.1) is 25.0 Å². The third-order valence-corrected chi connectivity index (χ3v) is 5.21. The van der Waals surface area contributed by atoms with Crippen LogP contribution in [-0.4, -0.2) is 46.1 Å². The lowest BCUT2D eigenvalue weighted by Gasteiger charge is -2.29. The van der Waals surface area contributed by atoms with Crippen molar-refractivity contribution in [2.24, 2.45) is 0 Å². The molecule has 0 saturated carbocycles. The van der Waals surface area contributed by atoms with Crippen molar-refractivity contribution in [1.82, 2.24) is 0 Å². The standard InChI is InChI=1S/C14H19NO4S/c1-11-3-4-13(9-12(11)10-14(16)19-2)15-5-7-20(17,18)8-6-15/h3-4,9H,5-8,10H2,1-2H3. The Morgan fingerprint density at radius 1 is 1.30 bits per heavy atom. The van der Waals surface area contributed by atoms with Crippen LogP contribution in [0.5, 0.6) is 0 Å². The molecule has 0 bridgehead atoms. The highest BCUT2D eigenvalue weighted by Gasteiger charge is 2.22. The number of sulfone groups is 1. The molecular formula is C14H19NO4S. The molecule has 1 aromatic carbocycles. The quantitative estimate of drug-likeness (QED) is 0.777. The highest BCUT2D eigenvalue weighted by Crippen LogP contribution is 2.22. The third-order valence-electron chi connectivity index (χ3n) is 3.60. The minimum absolute atomic E-state index is 0.188. The van der Waals surface area contributed by atoms with E-state index in [1.807, 2.05) is 30.0 Å². The topological polar surface area (TPSA) is 63.7 Å². The Hall–Kier alpha value is -1.56. The molecule has 1 fully saturated rings. The summed E-state index contributed by atoms with van der Waals surface area (Å²) < 4.78 is 27.6. The van der Waals surface area contributed by atoms with E-state index in [1.165, 1.54) is 7.11 Å². The minimum atomic E-state index is -2.88. The van der Waals surface area contributed by atoms with Crippen LogP contribution in [0.3, 0.4) is 0 Å². The fourth-order valence-corrected chi connectivity index (χ4v) is 3.44. The van der Waals surface area contributed by atoms with Crippen LogP contribution in [0.1, 0.15) is 11.1 Å². The number of hydrogen-bond acceptors (Lipinski definition) is 5. The molecule has 1 aliphatic heterocycles. The van der Waals surface area contributed by atoms with Crippen molar-refractivity contribution in [2.45, 2.75) is 13.3 Å².